The second-order valence-electron chi connectivity index (χ2n) is 4.68. The lowest BCUT2D eigenvalue weighted by molar-refractivity contribution is 0.682. The van der Waals surface area contributed by atoms with Gasteiger partial charge in [-0.15, -0.1) is 0 Å². The molecule has 80 valence electrons. The van der Waals surface area contributed by atoms with Crippen LogP contribution in [0.1, 0.15) is 24.1 Å². The minimum atomic E-state index is 0.959. The number of aryl methyl sites for hydroxylation is 1. The van der Waals surface area contributed by atoms with Gasteiger partial charge in [-0.25, -0.2) is 0 Å². The summed E-state index contributed by atoms with van der Waals surface area (Å²) in [5, 5.41) is 1.45. The van der Waals surface area contributed by atoms with Gasteiger partial charge in [-0.05, 0) is 30.9 Å². The maximum atomic E-state index is 4.69. The van der Waals surface area contributed by atoms with E-state index in [-0.39, 0.29) is 0 Å². The molecule has 2 aliphatic rings. The van der Waals surface area contributed by atoms with Crippen molar-refractivity contribution in [3.05, 3.63) is 35.5 Å². The zero-order valence-electron chi connectivity index (χ0n) is 9.24. The lowest BCUT2D eigenvalue weighted by atomic mass is 9.93. The molecule has 2 heteroatoms. The standard InChI is InChI=1S/C14H14N2/c1-2-7-13-10(4-1)11-5-3-6-12-14(11)16(13)9-8-15-12/h1-2,4,7H,3,5-6,8-9H2. The molecule has 0 bridgehead atoms. The van der Waals surface area contributed by atoms with Crippen LogP contribution in [0.2, 0.25) is 0 Å². The van der Waals surface area contributed by atoms with Gasteiger partial charge in [0.05, 0.1) is 18.0 Å². The van der Waals surface area contributed by atoms with E-state index in [1.54, 1.807) is 5.56 Å². The first kappa shape index (κ1) is 8.57. The topological polar surface area (TPSA) is 17.3 Å². The van der Waals surface area contributed by atoms with Gasteiger partial charge in [-0.2, -0.15) is 0 Å². The fraction of sp³-hybridized carbons (Fsp3) is 0.357. The average Bonchev–Trinajstić information content (AvgIpc) is 2.68. The second kappa shape index (κ2) is 2.97. The van der Waals surface area contributed by atoms with Crippen molar-refractivity contribution < 1.29 is 0 Å². The number of hydrogen-bond donors (Lipinski definition) is 0. The monoisotopic (exact) mass is 210 g/mol. The quantitative estimate of drug-likeness (QED) is 0.636. The van der Waals surface area contributed by atoms with Crippen LogP contribution in [-0.4, -0.2) is 16.8 Å². The Balaban J connectivity index is 2.19. The molecular weight excluding hydrogens is 196 g/mol. The van der Waals surface area contributed by atoms with Gasteiger partial charge in [0.2, 0.25) is 0 Å². The molecule has 1 aromatic heterocycles. The summed E-state index contributed by atoms with van der Waals surface area (Å²) in [6, 6.07) is 8.80. The summed E-state index contributed by atoms with van der Waals surface area (Å²) in [6.45, 7) is 2.01. The van der Waals surface area contributed by atoms with E-state index in [1.807, 2.05) is 0 Å². The number of rotatable bonds is 0. The van der Waals surface area contributed by atoms with Crippen LogP contribution in [0.25, 0.3) is 10.9 Å². The molecule has 0 amide bonds. The van der Waals surface area contributed by atoms with E-state index in [1.165, 1.54) is 41.6 Å². The molecular formula is C14H14N2. The molecule has 0 atom stereocenters. The molecule has 0 saturated carbocycles. The van der Waals surface area contributed by atoms with E-state index in [2.05, 4.69) is 28.8 Å². The minimum absolute atomic E-state index is 0.959. The van der Waals surface area contributed by atoms with E-state index in [0.717, 1.165) is 13.1 Å². The first-order valence-corrected chi connectivity index (χ1v) is 6.09. The Morgan fingerprint density at radius 3 is 3.06 bits per heavy atom. The third-order valence-electron chi connectivity index (χ3n) is 3.82. The number of nitrogens with zero attached hydrogens (tertiary/aromatic N) is 2. The number of hydrogen-bond acceptors (Lipinski definition) is 1. The molecule has 4 rings (SSSR count). The number of para-hydroxylation sites is 1. The van der Waals surface area contributed by atoms with Crippen LogP contribution >= 0.6 is 0 Å². The molecule has 1 aromatic carbocycles. The van der Waals surface area contributed by atoms with E-state index in [4.69, 9.17) is 4.99 Å². The van der Waals surface area contributed by atoms with E-state index in [9.17, 15) is 0 Å². The maximum absolute atomic E-state index is 4.69. The van der Waals surface area contributed by atoms with Crippen LogP contribution < -0.4 is 0 Å². The predicted octanol–water partition coefficient (Wildman–Crippen LogP) is 2.78. The zero-order chi connectivity index (χ0) is 10.5. The van der Waals surface area contributed by atoms with Crippen molar-refractivity contribution in [1.82, 2.24) is 4.57 Å². The van der Waals surface area contributed by atoms with Gasteiger partial charge in [-0.3, -0.25) is 4.99 Å². The SMILES string of the molecule is c1ccc2c(c1)c1c3n2CCN=C3CCC1. The highest BCUT2D eigenvalue weighted by atomic mass is 15.1. The van der Waals surface area contributed by atoms with Crippen LogP contribution in [-0.2, 0) is 13.0 Å². The molecule has 2 heterocycles. The molecule has 0 saturated heterocycles. The predicted molar refractivity (Wildman–Crippen MR) is 66.3 cm³/mol. The van der Waals surface area contributed by atoms with E-state index in [0.29, 0.717) is 0 Å². The summed E-state index contributed by atoms with van der Waals surface area (Å²) < 4.78 is 2.48. The molecule has 0 radical (unpaired) electrons. The Morgan fingerprint density at radius 1 is 1.12 bits per heavy atom. The summed E-state index contributed by atoms with van der Waals surface area (Å²) in [5.74, 6) is 0. The summed E-state index contributed by atoms with van der Waals surface area (Å²) in [7, 11) is 0. The van der Waals surface area contributed by atoms with Crippen LogP contribution in [0.5, 0.6) is 0 Å². The Hall–Kier alpha value is -1.57. The smallest absolute Gasteiger partial charge is 0.0665 e. The van der Waals surface area contributed by atoms with E-state index < -0.39 is 0 Å². The van der Waals surface area contributed by atoms with Crippen molar-refractivity contribution >= 4 is 16.6 Å². The number of benzene rings is 1. The fourth-order valence-electron chi connectivity index (χ4n) is 3.18. The first-order chi connectivity index (χ1) is 7.95. The largest absolute Gasteiger partial charge is 0.337 e. The Kier molecular flexibility index (Phi) is 1.59. The van der Waals surface area contributed by atoms with Crippen molar-refractivity contribution in [2.45, 2.75) is 25.8 Å². The molecule has 16 heavy (non-hydrogen) atoms. The van der Waals surface area contributed by atoms with Crippen molar-refractivity contribution in [2.24, 2.45) is 4.99 Å². The molecule has 0 fully saturated rings. The summed E-state index contributed by atoms with van der Waals surface area (Å²) in [5.41, 5.74) is 5.74. The molecule has 0 N–H and O–H groups in total. The van der Waals surface area contributed by atoms with Crippen molar-refractivity contribution in [3.63, 3.8) is 0 Å². The highest BCUT2D eigenvalue weighted by molar-refractivity contribution is 6.07. The maximum Gasteiger partial charge on any atom is 0.0665 e. The summed E-state index contributed by atoms with van der Waals surface area (Å²) in [4.78, 5) is 4.69. The van der Waals surface area contributed by atoms with Crippen LogP contribution in [0.4, 0.5) is 0 Å². The van der Waals surface area contributed by atoms with Gasteiger partial charge in [-0.1, -0.05) is 18.2 Å². The van der Waals surface area contributed by atoms with Crippen LogP contribution in [0.3, 0.4) is 0 Å². The van der Waals surface area contributed by atoms with Gasteiger partial charge in [0, 0.05) is 17.4 Å². The van der Waals surface area contributed by atoms with E-state index >= 15 is 0 Å². The molecule has 2 nitrogen and oxygen atoms in total. The highest BCUT2D eigenvalue weighted by Gasteiger charge is 2.25. The van der Waals surface area contributed by atoms with Crippen LogP contribution in [0.15, 0.2) is 29.3 Å². The highest BCUT2D eigenvalue weighted by Crippen LogP contribution is 2.33. The minimum Gasteiger partial charge on any atom is -0.337 e. The summed E-state index contributed by atoms with van der Waals surface area (Å²) in [6.07, 6.45) is 3.66. The zero-order valence-corrected chi connectivity index (χ0v) is 9.24. The van der Waals surface area contributed by atoms with Crippen molar-refractivity contribution in [2.75, 3.05) is 6.54 Å². The molecule has 1 aliphatic carbocycles. The lowest BCUT2D eigenvalue weighted by Gasteiger charge is -2.21. The van der Waals surface area contributed by atoms with Gasteiger partial charge >= 0.3 is 0 Å². The van der Waals surface area contributed by atoms with Crippen LogP contribution in [0, 0.1) is 0 Å². The second-order valence-corrected chi connectivity index (χ2v) is 4.68. The van der Waals surface area contributed by atoms with Crippen molar-refractivity contribution in [1.29, 1.82) is 0 Å². The Bertz CT molecular complexity index is 589. The normalized spacial score (nSPS) is 18.4. The third-order valence-corrected chi connectivity index (χ3v) is 3.82. The van der Waals surface area contributed by atoms with Gasteiger partial charge in [0.15, 0.2) is 0 Å². The van der Waals surface area contributed by atoms with Crippen molar-refractivity contribution in [3.8, 4) is 0 Å². The first-order valence-electron chi connectivity index (χ1n) is 6.09. The third kappa shape index (κ3) is 0.946. The molecule has 2 aromatic rings. The molecule has 0 spiro atoms. The van der Waals surface area contributed by atoms with Gasteiger partial charge < -0.3 is 4.57 Å². The number of fused-ring (bicyclic) bond motifs is 3. The van der Waals surface area contributed by atoms with Gasteiger partial charge in [0.25, 0.3) is 0 Å². The Labute approximate surface area is 94.6 Å². The number of aliphatic imine (C=N–C) groups is 1. The Morgan fingerprint density at radius 2 is 2.06 bits per heavy atom. The number of aromatic nitrogens is 1. The fourth-order valence-corrected chi connectivity index (χ4v) is 3.18. The summed E-state index contributed by atoms with van der Waals surface area (Å²) >= 11 is 0. The van der Waals surface area contributed by atoms with Gasteiger partial charge in [0.1, 0.15) is 0 Å². The lowest BCUT2D eigenvalue weighted by Crippen LogP contribution is -2.22. The molecule has 1 aliphatic heterocycles. The average molecular weight is 210 g/mol. The molecule has 0 unspecified atom stereocenters.